The minimum Gasteiger partial charge on any atom is -0.489 e. The van der Waals surface area contributed by atoms with Crippen molar-refractivity contribution in [1.82, 2.24) is 15.6 Å². The minimum atomic E-state index is -1.08. The van der Waals surface area contributed by atoms with Gasteiger partial charge in [0.05, 0.1) is 12.5 Å². The molecule has 206 valence electrons. The lowest BCUT2D eigenvalue weighted by Gasteiger charge is -2.27. The Morgan fingerprint density at radius 1 is 1.15 bits per heavy atom. The Labute approximate surface area is 238 Å². The molecule has 2 heterocycles. The first-order valence-corrected chi connectivity index (χ1v) is 13.7. The zero-order chi connectivity index (χ0) is 28.2. The summed E-state index contributed by atoms with van der Waals surface area (Å²) in [6.07, 6.45) is 1.04. The number of aromatic nitrogens is 1. The third-order valence-electron chi connectivity index (χ3n) is 7.09. The van der Waals surface area contributed by atoms with Gasteiger partial charge in [-0.05, 0) is 71.5 Å². The van der Waals surface area contributed by atoms with Gasteiger partial charge in [0.15, 0.2) is 0 Å². The molecule has 8 heteroatoms. The first-order valence-electron chi connectivity index (χ1n) is 13.3. The lowest BCUT2D eigenvalue weighted by Crippen LogP contribution is -2.43. The summed E-state index contributed by atoms with van der Waals surface area (Å²) < 4.78 is 5.89. The van der Waals surface area contributed by atoms with Crippen LogP contribution in [0.1, 0.15) is 40.9 Å². The monoisotopic (exact) mass is 557 g/mol. The number of carbonyl (C=O) groups is 2. The molecule has 40 heavy (non-hydrogen) atoms. The van der Waals surface area contributed by atoms with Gasteiger partial charge in [-0.15, -0.1) is 0 Å². The Bertz CT molecular complexity index is 1560. The van der Waals surface area contributed by atoms with E-state index < -0.39 is 12.0 Å². The molecule has 3 aromatic carbocycles. The number of carbonyl (C=O) groups excluding carboxylic acids is 1. The SMILES string of the molecule is C=C(C)COc1ccc([C@@H]2NCCc3c2[nH]c2ccc(Cl)cc32)c(CC(=O)N[C@@H](Cc2ccccc2)C(=O)O)c1. The van der Waals surface area contributed by atoms with Crippen LogP contribution in [0.2, 0.25) is 5.02 Å². The zero-order valence-corrected chi connectivity index (χ0v) is 23.1. The summed E-state index contributed by atoms with van der Waals surface area (Å²) in [5.74, 6) is -0.833. The summed E-state index contributed by atoms with van der Waals surface area (Å²) in [7, 11) is 0. The number of H-pyrrole nitrogens is 1. The van der Waals surface area contributed by atoms with Gasteiger partial charge in [0, 0.05) is 34.6 Å². The van der Waals surface area contributed by atoms with Crippen molar-refractivity contribution < 1.29 is 19.4 Å². The van der Waals surface area contributed by atoms with Crippen molar-refractivity contribution in [3.63, 3.8) is 0 Å². The third kappa shape index (κ3) is 6.22. The summed E-state index contributed by atoms with van der Waals surface area (Å²) in [4.78, 5) is 28.8. The number of benzene rings is 3. The van der Waals surface area contributed by atoms with Crippen LogP contribution < -0.4 is 15.4 Å². The molecular formula is C32H32ClN3O4. The van der Waals surface area contributed by atoms with Gasteiger partial charge in [-0.25, -0.2) is 4.79 Å². The third-order valence-corrected chi connectivity index (χ3v) is 7.33. The molecule has 4 aromatic rings. The molecule has 0 spiro atoms. The fourth-order valence-corrected chi connectivity index (χ4v) is 5.42. The highest BCUT2D eigenvalue weighted by atomic mass is 35.5. The van der Waals surface area contributed by atoms with E-state index in [4.69, 9.17) is 16.3 Å². The van der Waals surface area contributed by atoms with Crippen LogP contribution in [0.5, 0.6) is 5.75 Å². The van der Waals surface area contributed by atoms with E-state index in [2.05, 4.69) is 22.2 Å². The Kier molecular flexibility index (Phi) is 8.24. The number of aromatic amines is 1. The van der Waals surface area contributed by atoms with Crippen LogP contribution in [-0.2, 0) is 28.9 Å². The van der Waals surface area contributed by atoms with Crippen LogP contribution in [0.4, 0.5) is 0 Å². The number of rotatable bonds is 10. The highest BCUT2D eigenvalue weighted by Gasteiger charge is 2.28. The van der Waals surface area contributed by atoms with E-state index in [0.29, 0.717) is 17.4 Å². The molecule has 0 fully saturated rings. The highest BCUT2D eigenvalue weighted by Crippen LogP contribution is 2.36. The van der Waals surface area contributed by atoms with E-state index in [9.17, 15) is 14.7 Å². The second-order valence-electron chi connectivity index (χ2n) is 10.3. The van der Waals surface area contributed by atoms with E-state index in [1.165, 1.54) is 5.56 Å². The largest absolute Gasteiger partial charge is 0.489 e. The van der Waals surface area contributed by atoms with Crippen molar-refractivity contribution >= 4 is 34.4 Å². The molecule has 1 aromatic heterocycles. The van der Waals surface area contributed by atoms with E-state index in [-0.39, 0.29) is 24.8 Å². The average molecular weight is 558 g/mol. The molecule has 5 rings (SSSR count). The topological polar surface area (TPSA) is 103 Å². The number of hydrogen-bond donors (Lipinski definition) is 4. The molecule has 0 bridgehead atoms. The number of halogens is 1. The number of amides is 1. The Morgan fingerprint density at radius 3 is 2.70 bits per heavy atom. The Balaban J connectivity index is 1.46. The fourth-order valence-electron chi connectivity index (χ4n) is 5.25. The lowest BCUT2D eigenvalue weighted by molar-refractivity contribution is -0.141. The van der Waals surface area contributed by atoms with Crippen LogP contribution in [0.3, 0.4) is 0 Å². The summed E-state index contributed by atoms with van der Waals surface area (Å²) in [5.41, 5.74) is 6.64. The molecule has 0 saturated heterocycles. The Hall–Kier alpha value is -4.07. The molecule has 1 aliphatic rings. The predicted molar refractivity (Wildman–Crippen MR) is 157 cm³/mol. The van der Waals surface area contributed by atoms with Crippen LogP contribution in [0, 0.1) is 0 Å². The number of hydrogen-bond acceptors (Lipinski definition) is 4. The highest BCUT2D eigenvalue weighted by molar-refractivity contribution is 6.31. The number of nitrogens with one attached hydrogen (secondary N) is 3. The van der Waals surface area contributed by atoms with E-state index in [1.807, 2.05) is 73.7 Å². The van der Waals surface area contributed by atoms with Gasteiger partial charge in [-0.2, -0.15) is 0 Å². The van der Waals surface area contributed by atoms with Crippen LogP contribution in [-0.4, -0.2) is 41.2 Å². The van der Waals surface area contributed by atoms with Crippen LogP contribution in [0.15, 0.2) is 78.9 Å². The maximum absolute atomic E-state index is 13.3. The zero-order valence-electron chi connectivity index (χ0n) is 22.3. The van der Waals surface area contributed by atoms with Crippen LogP contribution in [0.25, 0.3) is 10.9 Å². The van der Waals surface area contributed by atoms with Gasteiger partial charge >= 0.3 is 5.97 Å². The van der Waals surface area contributed by atoms with Gasteiger partial charge < -0.3 is 25.5 Å². The lowest BCUT2D eigenvalue weighted by atomic mass is 9.90. The van der Waals surface area contributed by atoms with Crippen LogP contribution >= 0.6 is 11.6 Å². The number of aliphatic carboxylic acids is 1. The van der Waals surface area contributed by atoms with E-state index >= 15 is 0 Å². The Morgan fingerprint density at radius 2 is 1.95 bits per heavy atom. The molecular weight excluding hydrogens is 526 g/mol. The van der Waals surface area contributed by atoms with Crippen molar-refractivity contribution in [3.05, 3.63) is 112 Å². The predicted octanol–water partition coefficient (Wildman–Crippen LogP) is 5.37. The quantitative estimate of drug-likeness (QED) is 0.196. The van der Waals surface area contributed by atoms with Gasteiger partial charge in [-0.3, -0.25) is 4.79 Å². The molecule has 2 atom stereocenters. The van der Waals surface area contributed by atoms with E-state index in [1.54, 1.807) is 0 Å². The van der Waals surface area contributed by atoms with Gasteiger partial charge in [0.1, 0.15) is 18.4 Å². The number of fused-ring (bicyclic) bond motifs is 3. The summed E-state index contributed by atoms with van der Waals surface area (Å²) in [6, 6.07) is 19.6. The maximum Gasteiger partial charge on any atom is 0.326 e. The second kappa shape index (κ2) is 12.0. The number of carboxylic acid groups (broad SMARTS) is 1. The second-order valence-corrected chi connectivity index (χ2v) is 10.7. The van der Waals surface area contributed by atoms with Crippen molar-refractivity contribution in [2.24, 2.45) is 0 Å². The molecule has 1 amide bonds. The number of ether oxygens (including phenoxy) is 1. The van der Waals surface area contributed by atoms with Gasteiger partial charge in [0.2, 0.25) is 5.91 Å². The maximum atomic E-state index is 13.3. The van der Waals surface area contributed by atoms with Gasteiger partial charge in [-0.1, -0.05) is 54.6 Å². The fraction of sp³-hybridized carbons (Fsp3) is 0.250. The molecule has 0 radical (unpaired) electrons. The molecule has 0 aliphatic carbocycles. The average Bonchev–Trinajstić information content (AvgIpc) is 3.30. The summed E-state index contributed by atoms with van der Waals surface area (Å²) >= 11 is 6.30. The van der Waals surface area contributed by atoms with Crippen molar-refractivity contribution in [2.75, 3.05) is 13.2 Å². The van der Waals surface area contributed by atoms with Gasteiger partial charge in [0.25, 0.3) is 0 Å². The first-order chi connectivity index (χ1) is 19.3. The summed E-state index contributed by atoms with van der Waals surface area (Å²) in [5, 5.41) is 17.9. The van der Waals surface area contributed by atoms with Crippen molar-refractivity contribution in [3.8, 4) is 5.75 Å². The summed E-state index contributed by atoms with van der Waals surface area (Å²) in [6.45, 7) is 6.90. The molecule has 0 saturated carbocycles. The van der Waals surface area contributed by atoms with E-state index in [0.717, 1.165) is 51.8 Å². The molecule has 1 aliphatic heterocycles. The molecule has 4 N–H and O–H groups in total. The molecule has 0 unspecified atom stereocenters. The first kappa shape index (κ1) is 27.5. The standard InChI is InChI=1S/C32H32ClN3O4/c1-19(2)18-40-23-9-10-24(30-31-25(12-13-34-30)26-17-22(33)8-11-27(26)36-31)21(15-23)16-29(37)35-28(32(38)39)14-20-6-4-3-5-7-20/h3-11,15,17,28,30,34,36H,1,12-14,16,18H2,2H3,(H,35,37)(H,38,39)/t28-,30-/m0/s1. The van der Waals surface area contributed by atoms with Crippen molar-refractivity contribution in [1.29, 1.82) is 0 Å². The minimum absolute atomic E-state index is 0.00224. The smallest absolute Gasteiger partial charge is 0.326 e. The molecule has 7 nitrogen and oxygen atoms in total. The van der Waals surface area contributed by atoms with Crippen molar-refractivity contribution in [2.45, 2.75) is 38.3 Å². The number of carboxylic acids is 1. The normalized spacial score (nSPS) is 15.3.